The van der Waals surface area contributed by atoms with Crippen molar-refractivity contribution in [3.63, 3.8) is 0 Å². The van der Waals surface area contributed by atoms with Crippen LogP contribution in [0.2, 0.25) is 0 Å². The van der Waals surface area contributed by atoms with E-state index in [4.69, 9.17) is 16.6 Å². The van der Waals surface area contributed by atoms with Gasteiger partial charge in [-0.15, -0.1) is 0 Å². The van der Waals surface area contributed by atoms with E-state index in [0.717, 1.165) is 23.2 Å². The first kappa shape index (κ1) is 19.8. The highest BCUT2D eigenvalue weighted by Crippen LogP contribution is 2.20. The Hall–Kier alpha value is -3.45. The number of amides is 1. The third-order valence-electron chi connectivity index (χ3n) is 5.13. The predicted octanol–water partition coefficient (Wildman–Crippen LogP) is 4.50. The molecule has 0 unspecified atom stereocenters. The van der Waals surface area contributed by atoms with Gasteiger partial charge >= 0.3 is 0 Å². The van der Waals surface area contributed by atoms with E-state index < -0.39 is 0 Å². The second-order valence-corrected chi connectivity index (χ2v) is 7.61. The van der Waals surface area contributed by atoms with Crippen molar-refractivity contribution in [1.29, 1.82) is 0 Å². The summed E-state index contributed by atoms with van der Waals surface area (Å²) >= 11 is 5.27. The number of anilines is 1. The summed E-state index contributed by atoms with van der Waals surface area (Å²) in [5, 5.41) is 11.2. The molecular weight excluding hydrogens is 396 g/mol. The molecule has 152 valence electrons. The van der Waals surface area contributed by atoms with E-state index >= 15 is 0 Å². The summed E-state index contributed by atoms with van der Waals surface area (Å²) < 4.78 is 7.47. The number of hydrogen-bond donors (Lipinski definition) is 2. The Morgan fingerprint density at radius 2 is 1.87 bits per heavy atom. The molecular formula is C23H22N4O2S. The standard InChI is InChI=1S/C23H22N4O2S/c1-14-19(15(2)27(3)26-14)12-16-8-10-18(11-9-16)24-23(30)25-22(28)21-13-17-6-4-5-7-20(17)29-21/h4-11,13H,12H2,1-3H3,(H2,24,25,28,30). The molecule has 1 amide bonds. The van der Waals surface area contributed by atoms with Crippen molar-refractivity contribution in [1.82, 2.24) is 15.1 Å². The number of aromatic nitrogens is 2. The molecule has 0 saturated heterocycles. The SMILES string of the molecule is Cc1nn(C)c(C)c1Cc1ccc(NC(=S)NC(=O)c2cc3ccccc3o2)cc1. The lowest BCUT2D eigenvalue weighted by Crippen LogP contribution is -2.33. The highest BCUT2D eigenvalue weighted by molar-refractivity contribution is 7.80. The van der Waals surface area contributed by atoms with Crippen molar-refractivity contribution >= 4 is 39.9 Å². The van der Waals surface area contributed by atoms with Crippen LogP contribution in [0.1, 0.15) is 33.1 Å². The van der Waals surface area contributed by atoms with Gasteiger partial charge in [0.15, 0.2) is 10.9 Å². The number of hydrogen-bond acceptors (Lipinski definition) is 4. The van der Waals surface area contributed by atoms with E-state index in [0.29, 0.717) is 5.58 Å². The number of para-hydroxylation sites is 1. The molecule has 0 aliphatic rings. The predicted molar refractivity (Wildman–Crippen MR) is 122 cm³/mol. The average Bonchev–Trinajstić information content (AvgIpc) is 3.26. The van der Waals surface area contributed by atoms with Crippen molar-refractivity contribution in [2.45, 2.75) is 20.3 Å². The first-order chi connectivity index (χ1) is 14.4. The fraction of sp³-hybridized carbons (Fsp3) is 0.174. The topological polar surface area (TPSA) is 72.1 Å². The van der Waals surface area contributed by atoms with Crippen molar-refractivity contribution < 1.29 is 9.21 Å². The number of thiocarbonyl (C=S) groups is 1. The number of furan rings is 1. The smallest absolute Gasteiger partial charge is 0.293 e. The summed E-state index contributed by atoms with van der Waals surface area (Å²) in [6.45, 7) is 4.11. The van der Waals surface area contributed by atoms with E-state index in [1.54, 1.807) is 6.07 Å². The number of aryl methyl sites for hydroxylation is 2. The fourth-order valence-corrected chi connectivity index (χ4v) is 3.61. The molecule has 30 heavy (non-hydrogen) atoms. The number of carbonyl (C=O) groups excluding carboxylic acids is 1. The van der Waals surface area contributed by atoms with Crippen molar-refractivity contribution in [2.75, 3.05) is 5.32 Å². The van der Waals surface area contributed by atoms with Crippen LogP contribution >= 0.6 is 12.2 Å². The highest BCUT2D eigenvalue weighted by atomic mass is 32.1. The Morgan fingerprint density at radius 3 is 2.53 bits per heavy atom. The highest BCUT2D eigenvalue weighted by Gasteiger charge is 2.14. The lowest BCUT2D eigenvalue weighted by Gasteiger charge is -2.09. The Kier molecular flexibility index (Phi) is 5.37. The van der Waals surface area contributed by atoms with Crippen LogP contribution in [-0.2, 0) is 13.5 Å². The zero-order valence-corrected chi connectivity index (χ0v) is 17.8. The Balaban J connectivity index is 1.38. The molecule has 0 bridgehead atoms. The summed E-state index contributed by atoms with van der Waals surface area (Å²) in [5.41, 5.74) is 6.10. The Morgan fingerprint density at radius 1 is 1.13 bits per heavy atom. The van der Waals surface area contributed by atoms with Crippen LogP contribution in [0.3, 0.4) is 0 Å². The molecule has 0 radical (unpaired) electrons. The second-order valence-electron chi connectivity index (χ2n) is 7.20. The third kappa shape index (κ3) is 4.11. The summed E-state index contributed by atoms with van der Waals surface area (Å²) in [7, 11) is 1.96. The molecule has 2 aromatic heterocycles. The number of fused-ring (bicyclic) bond motifs is 1. The Labute approximate surface area is 179 Å². The number of nitrogens with zero attached hydrogens (tertiary/aromatic N) is 2. The molecule has 7 heteroatoms. The van der Waals surface area contributed by atoms with Crippen LogP contribution in [-0.4, -0.2) is 20.8 Å². The van der Waals surface area contributed by atoms with E-state index in [1.165, 1.54) is 16.8 Å². The van der Waals surface area contributed by atoms with Gasteiger partial charge in [0.05, 0.1) is 5.69 Å². The Bertz CT molecular complexity index is 1210. The van der Waals surface area contributed by atoms with Gasteiger partial charge in [0.2, 0.25) is 0 Å². The molecule has 0 atom stereocenters. The minimum atomic E-state index is -0.386. The van der Waals surface area contributed by atoms with Gasteiger partial charge in [-0.05, 0) is 55.9 Å². The second kappa shape index (κ2) is 8.12. The summed E-state index contributed by atoms with van der Waals surface area (Å²) in [6, 6.07) is 17.1. The number of carbonyl (C=O) groups is 1. The zero-order valence-electron chi connectivity index (χ0n) is 17.0. The van der Waals surface area contributed by atoms with Crippen LogP contribution in [0.15, 0.2) is 59.0 Å². The minimum Gasteiger partial charge on any atom is -0.451 e. The van der Waals surface area contributed by atoms with Crippen molar-refractivity contribution in [2.24, 2.45) is 7.05 Å². The lowest BCUT2D eigenvalue weighted by atomic mass is 10.0. The summed E-state index contributed by atoms with van der Waals surface area (Å²) in [5.74, 6) is -0.166. The minimum absolute atomic E-state index is 0.215. The number of rotatable bonds is 4. The van der Waals surface area contributed by atoms with Crippen molar-refractivity contribution in [3.8, 4) is 0 Å². The van der Waals surface area contributed by atoms with Gasteiger partial charge in [0.25, 0.3) is 5.91 Å². The molecule has 2 N–H and O–H groups in total. The van der Waals surface area contributed by atoms with Gasteiger partial charge < -0.3 is 9.73 Å². The molecule has 2 heterocycles. The molecule has 0 aliphatic heterocycles. The fourth-order valence-electron chi connectivity index (χ4n) is 3.40. The maximum atomic E-state index is 12.4. The largest absolute Gasteiger partial charge is 0.451 e. The molecule has 6 nitrogen and oxygen atoms in total. The summed E-state index contributed by atoms with van der Waals surface area (Å²) in [6.07, 6.45) is 0.818. The third-order valence-corrected chi connectivity index (χ3v) is 5.33. The van der Waals surface area contributed by atoms with Crippen LogP contribution in [0.25, 0.3) is 11.0 Å². The average molecular weight is 419 g/mol. The van der Waals surface area contributed by atoms with Crippen LogP contribution in [0, 0.1) is 13.8 Å². The van der Waals surface area contributed by atoms with E-state index in [9.17, 15) is 4.79 Å². The number of benzene rings is 2. The first-order valence-electron chi connectivity index (χ1n) is 9.59. The van der Waals surface area contributed by atoms with E-state index in [2.05, 4.69) is 22.7 Å². The van der Waals surface area contributed by atoms with Gasteiger partial charge in [0.1, 0.15) is 5.58 Å². The van der Waals surface area contributed by atoms with E-state index in [-0.39, 0.29) is 16.8 Å². The lowest BCUT2D eigenvalue weighted by molar-refractivity contribution is 0.0953. The molecule has 0 spiro atoms. The first-order valence-corrected chi connectivity index (χ1v) is 10.0. The van der Waals surface area contributed by atoms with Crippen LogP contribution in [0.5, 0.6) is 0 Å². The summed E-state index contributed by atoms with van der Waals surface area (Å²) in [4.78, 5) is 12.4. The van der Waals surface area contributed by atoms with E-state index in [1.807, 2.05) is 67.2 Å². The van der Waals surface area contributed by atoms with Crippen LogP contribution in [0.4, 0.5) is 5.69 Å². The maximum Gasteiger partial charge on any atom is 0.293 e. The van der Waals surface area contributed by atoms with Gasteiger partial charge in [-0.3, -0.25) is 14.8 Å². The van der Waals surface area contributed by atoms with Crippen molar-refractivity contribution in [3.05, 3.63) is 82.9 Å². The quantitative estimate of drug-likeness (QED) is 0.478. The van der Waals surface area contributed by atoms with Gasteiger partial charge in [-0.2, -0.15) is 5.10 Å². The van der Waals surface area contributed by atoms with Gasteiger partial charge in [-0.1, -0.05) is 30.3 Å². The molecule has 0 aliphatic carbocycles. The normalized spacial score (nSPS) is 10.9. The molecule has 4 aromatic rings. The zero-order chi connectivity index (χ0) is 21.3. The molecule has 4 rings (SSSR count). The molecule has 0 fully saturated rings. The number of nitrogens with one attached hydrogen (secondary N) is 2. The van der Waals surface area contributed by atoms with Crippen LogP contribution < -0.4 is 10.6 Å². The maximum absolute atomic E-state index is 12.4. The van der Waals surface area contributed by atoms with Gasteiger partial charge in [-0.25, -0.2) is 0 Å². The molecule has 0 saturated carbocycles. The van der Waals surface area contributed by atoms with Gasteiger partial charge in [0, 0.05) is 35.8 Å². The monoisotopic (exact) mass is 418 g/mol. The molecule has 2 aromatic carbocycles.